The second-order valence-electron chi connectivity index (χ2n) is 9.56. The molecule has 3 saturated carbocycles. The Kier molecular flexibility index (Phi) is 3.78. The van der Waals surface area contributed by atoms with Gasteiger partial charge in [-0.1, -0.05) is 30.4 Å². The molecule has 5 aliphatic carbocycles. The minimum absolute atomic E-state index is 0.0305. The Morgan fingerprint density at radius 3 is 2.03 bits per heavy atom. The molecule has 6 aliphatic rings. The fourth-order valence-electron chi connectivity index (χ4n) is 6.70. The zero-order valence-corrected chi connectivity index (χ0v) is 16.4. The molecule has 2 bridgehead atoms. The number of likely N-dealkylation sites (tertiary alicyclic amines) is 1. The number of carbonyl (C=O) groups is 3. The lowest BCUT2D eigenvalue weighted by Crippen LogP contribution is -2.44. The molecule has 29 heavy (non-hydrogen) atoms. The summed E-state index contributed by atoms with van der Waals surface area (Å²) in [6.07, 6.45) is 8.56. The summed E-state index contributed by atoms with van der Waals surface area (Å²) in [5, 5.41) is 2.99. The van der Waals surface area contributed by atoms with Gasteiger partial charge in [0.2, 0.25) is 17.7 Å². The smallest absolute Gasteiger partial charge is 0.233 e. The van der Waals surface area contributed by atoms with E-state index in [1.807, 2.05) is 30.3 Å². The third-order valence-electron chi connectivity index (χ3n) is 8.17. The molecule has 1 aliphatic heterocycles. The standard InChI is InChI=1S/C24H26N2O3/c27-22(25-14-4-2-1-3-5-14)13-6-8-15(9-7-13)26-23(28)20-16-10-11-17(19-12-18(16)19)21(20)24(26)29/h1-5,10-11,13,15-21H,6-9,12H2,(H,25,27)/t13?,15?,16-,17-,18-,19-,20-,21+/m0/s1. The van der Waals surface area contributed by atoms with E-state index >= 15 is 0 Å². The second kappa shape index (κ2) is 6.28. The molecule has 1 saturated heterocycles. The Balaban J connectivity index is 1.12. The van der Waals surface area contributed by atoms with E-state index < -0.39 is 0 Å². The fraction of sp³-hybridized carbons (Fsp3) is 0.542. The van der Waals surface area contributed by atoms with Crippen molar-refractivity contribution in [1.29, 1.82) is 0 Å². The van der Waals surface area contributed by atoms with Gasteiger partial charge in [0.05, 0.1) is 11.8 Å². The molecule has 150 valence electrons. The number of hydrogen-bond acceptors (Lipinski definition) is 3. The molecule has 5 nitrogen and oxygen atoms in total. The number of nitrogens with zero attached hydrogens (tertiary/aromatic N) is 1. The molecular weight excluding hydrogens is 364 g/mol. The first-order valence-corrected chi connectivity index (χ1v) is 11.0. The van der Waals surface area contributed by atoms with Gasteiger partial charge in [0, 0.05) is 17.6 Å². The average Bonchev–Trinajstić information content (AvgIpc) is 3.53. The Hall–Kier alpha value is -2.43. The summed E-state index contributed by atoms with van der Waals surface area (Å²) in [5.74, 6) is 1.76. The predicted octanol–water partition coefficient (Wildman–Crippen LogP) is 3.24. The van der Waals surface area contributed by atoms with Crippen molar-refractivity contribution in [1.82, 2.24) is 4.90 Å². The van der Waals surface area contributed by atoms with Crippen LogP contribution in [0.15, 0.2) is 42.5 Å². The van der Waals surface area contributed by atoms with Crippen molar-refractivity contribution < 1.29 is 14.4 Å². The average molecular weight is 390 g/mol. The summed E-state index contributed by atoms with van der Waals surface area (Å²) in [7, 11) is 0. The summed E-state index contributed by atoms with van der Waals surface area (Å²) < 4.78 is 0. The molecule has 7 rings (SSSR count). The van der Waals surface area contributed by atoms with E-state index in [4.69, 9.17) is 0 Å². The Bertz CT molecular complexity index is 866. The first kappa shape index (κ1) is 17.4. The van der Waals surface area contributed by atoms with Crippen molar-refractivity contribution in [3.8, 4) is 0 Å². The summed E-state index contributed by atoms with van der Waals surface area (Å²) in [6, 6.07) is 9.48. The number of nitrogens with one attached hydrogen (secondary N) is 1. The highest BCUT2D eigenvalue weighted by Crippen LogP contribution is 2.65. The third kappa shape index (κ3) is 2.55. The van der Waals surface area contributed by atoms with Crippen LogP contribution in [0.4, 0.5) is 5.69 Å². The maximum atomic E-state index is 13.3. The SMILES string of the molecule is O=C(Nc1ccccc1)C1CCC(N2C(=O)[C@@H]3[C@H]4C=C[C@@H]([C@@H]5C[C@@H]45)[C@@H]3C2=O)CC1. The Morgan fingerprint density at radius 2 is 1.45 bits per heavy atom. The lowest BCUT2D eigenvalue weighted by Gasteiger charge is -2.37. The minimum Gasteiger partial charge on any atom is -0.326 e. The number of carbonyl (C=O) groups excluding carboxylic acids is 3. The highest BCUT2D eigenvalue weighted by atomic mass is 16.2. The number of benzene rings is 1. The van der Waals surface area contributed by atoms with Crippen LogP contribution in [0.5, 0.6) is 0 Å². The number of para-hydroxylation sites is 1. The summed E-state index contributed by atoms with van der Waals surface area (Å²) in [4.78, 5) is 40.7. The van der Waals surface area contributed by atoms with E-state index in [0.717, 1.165) is 31.4 Å². The molecule has 1 heterocycles. The van der Waals surface area contributed by atoms with Crippen molar-refractivity contribution in [2.75, 3.05) is 5.32 Å². The van der Waals surface area contributed by atoms with Crippen molar-refractivity contribution in [2.24, 2.45) is 41.4 Å². The predicted molar refractivity (Wildman–Crippen MR) is 107 cm³/mol. The topological polar surface area (TPSA) is 66.5 Å². The molecule has 0 radical (unpaired) electrons. The zero-order valence-electron chi connectivity index (χ0n) is 16.4. The quantitative estimate of drug-likeness (QED) is 0.636. The molecule has 1 N–H and O–H groups in total. The summed E-state index contributed by atoms with van der Waals surface area (Å²) in [5.41, 5.74) is 0.815. The molecule has 1 aromatic carbocycles. The van der Waals surface area contributed by atoms with Gasteiger partial charge in [-0.3, -0.25) is 19.3 Å². The van der Waals surface area contributed by atoms with Crippen molar-refractivity contribution in [2.45, 2.75) is 38.1 Å². The first-order chi connectivity index (χ1) is 14.1. The number of anilines is 1. The van der Waals surface area contributed by atoms with Crippen LogP contribution in [0.1, 0.15) is 32.1 Å². The van der Waals surface area contributed by atoms with Crippen LogP contribution < -0.4 is 5.32 Å². The van der Waals surface area contributed by atoms with Gasteiger partial charge in [-0.25, -0.2) is 0 Å². The van der Waals surface area contributed by atoms with Gasteiger partial charge in [-0.2, -0.15) is 0 Å². The number of rotatable bonds is 3. The van der Waals surface area contributed by atoms with Gasteiger partial charge < -0.3 is 5.32 Å². The maximum absolute atomic E-state index is 13.3. The van der Waals surface area contributed by atoms with E-state index in [1.54, 1.807) is 4.90 Å². The van der Waals surface area contributed by atoms with Crippen LogP contribution in [-0.4, -0.2) is 28.7 Å². The fourth-order valence-corrected chi connectivity index (χ4v) is 6.70. The normalized spacial score (nSPS) is 41.9. The van der Waals surface area contributed by atoms with Crippen LogP contribution >= 0.6 is 0 Å². The monoisotopic (exact) mass is 390 g/mol. The lowest BCUT2D eigenvalue weighted by molar-refractivity contribution is -0.144. The van der Waals surface area contributed by atoms with E-state index in [2.05, 4.69) is 17.5 Å². The van der Waals surface area contributed by atoms with Gasteiger partial charge in [0.15, 0.2) is 0 Å². The van der Waals surface area contributed by atoms with Crippen LogP contribution in [-0.2, 0) is 14.4 Å². The van der Waals surface area contributed by atoms with E-state index in [1.165, 1.54) is 6.42 Å². The van der Waals surface area contributed by atoms with Gasteiger partial charge in [-0.05, 0) is 67.9 Å². The first-order valence-electron chi connectivity index (χ1n) is 11.0. The van der Waals surface area contributed by atoms with E-state index in [0.29, 0.717) is 11.8 Å². The molecule has 0 aromatic heterocycles. The van der Waals surface area contributed by atoms with Crippen LogP contribution in [0.3, 0.4) is 0 Å². The zero-order chi connectivity index (χ0) is 19.7. The van der Waals surface area contributed by atoms with Crippen LogP contribution in [0.2, 0.25) is 0 Å². The number of amides is 3. The molecule has 3 amide bonds. The Morgan fingerprint density at radius 1 is 0.862 bits per heavy atom. The maximum Gasteiger partial charge on any atom is 0.233 e. The highest BCUT2D eigenvalue weighted by molar-refractivity contribution is 6.06. The van der Waals surface area contributed by atoms with Crippen LogP contribution in [0, 0.1) is 41.4 Å². The molecule has 1 aromatic rings. The summed E-state index contributed by atoms with van der Waals surface area (Å²) in [6.45, 7) is 0. The van der Waals surface area contributed by atoms with Crippen molar-refractivity contribution in [3.05, 3.63) is 42.5 Å². The van der Waals surface area contributed by atoms with Gasteiger partial charge in [0.25, 0.3) is 0 Å². The van der Waals surface area contributed by atoms with Gasteiger partial charge in [0.1, 0.15) is 0 Å². The minimum atomic E-state index is -0.111. The summed E-state index contributed by atoms with van der Waals surface area (Å²) >= 11 is 0. The van der Waals surface area contributed by atoms with Crippen LogP contribution in [0.25, 0.3) is 0 Å². The lowest BCUT2D eigenvalue weighted by atomic mass is 9.63. The number of hydrogen-bond donors (Lipinski definition) is 1. The highest BCUT2D eigenvalue weighted by Gasteiger charge is 2.67. The van der Waals surface area contributed by atoms with Crippen molar-refractivity contribution in [3.63, 3.8) is 0 Å². The molecular formula is C24H26N2O3. The van der Waals surface area contributed by atoms with Gasteiger partial charge in [-0.15, -0.1) is 0 Å². The third-order valence-corrected chi connectivity index (χ3v) is 8.17. The van der Waals surface area contributed by atoms with Gasteiger partial charge >= 0.3 is 0 Å². The molecule has 5 heteroatoms. The van der Waals surface area contributed by atoms with E-state index in [9.17, 15) is 14.4 Å². The van der Waals surface area contributed by atoms with E-state index in [-0.39, 0.29) is 53.4 Å². The molecule has 6 atom stereocenters. The molecule has 4 fully saturated rings. The van der Waals surface area contributed by atoms with Crippen molar-refractivity contribution >= 4 is 23.4 Å². The molecule has 0 spiro atoms. The number of imide groups is 1. The number of allylic oxidation sites excluding steroid dienone is 2. The molecule has 0 unspecified atom stereocenters. The Labute approximate surface area is 170 Å². The second-order valence-corrected chi connectivity index (χ2v) is 9.56. The largest absolute Gasteiger partial charge is 0.326 e.